The molecule has 0 N–H and O–H groups in total. The maximum atomic E-state index is 12.6. The van der Waals surface area contributed by atoms with E-state index in [1.165, 1.54) is 5.56 Å². The van der Waals surface area contributed by atoms with E-state index >= 15 is 0 Å². The molecule has 0 bridgehead atoms. The molecule has 1 saturated heterocycles. The summed E-state index contributed by atoms with van der Waals surface area (Å²) in [5.74, 6) is 0.345. The van der Waals surface area contributed by atoms with Crippen molar-refractivity contribution in [3.8, 4) is 0 Å². The predicted octanol–water partition coefficient (Wildman–Crippen LogP) is 3.43. The van der Waals surface area contributed by atoms with E-state index in [1.807, 2.05) is 12.1 Å². The summed E-state index contributed by atoms with van der Waals surface area (Å²) in [6, 6.07) is 7.34. The van der Waals surface area contributed by atoms with Gasteiger partial charge in [-0.1, -0.05) is 48.3 Å². The molecule has 0 radical (unpaired) electrons. The fraction of sp³-hybridized carbons (Fsp3) is 0.600. The van der Waals surface area contributed by atoms with Crippen molar-refractivity contribution in [3.05, 3.63) is 29.8 Å². The SMILES string of the molecule is CCCc1ccc(S(=O)(=O)N2CCC(Br)C(C)C2)cc1. The first-order valence-electron chi connectivity index (χ1n) is 7.18. The van der Waals surface area contributed by atoms with Gasteiger partial charge in [0, 0.05) is 17.9 Å². The first kappa shape index (κ1) is 16.0. The Morgan fingerprint density at radius 1 is 1.30 bits per heavy atom. The zero-order chi connectivity index (χ0) is 14.8. The van der Waals surface area contributed by atoms with Gasteiger partial charge in [-0.2, -0.15) is 4.31 Å². The quantitative estimate of drug-likeness (QED) is 0.772. The third-order valence-corrected chi connectivity index (χ3v) is 7.10. The summed E-state index contributed by atoms with van der Waals surface area (Å²) < 4.78 is 26.9. The van der Waals surface area contributed by atoms with Gasteiger partial charge in [0.25, 0.3) is 0 Å². The van der Waals surface area contributed by atoms with Gasteiger partial charge in [0.05, 0.1) is 4.90 Å². The molecule has 1 aromatic carbocycles. The Kier molecular flexibility index (Phi) is 5.26. The van der Waals surface area contributed by atoms with Crippen LogP contribution in [0.3, 0.4) is 0 Å². The average Bonchev–Trinajstić information content (AvgIpc) is 2.43. The number of alkyl halides is 1. The largest absolute Gasteiger partial charge is 0.243 e. The van der Waals surface area contributed by atoms with Gasteiger partial charge < -0.3 is 0 Å². The molecular formula is C15H22BrNO2S. The van der Waals surface area contributed by atoms with Crippen LogP contribution >= 0.6 is 15.9 Å². The second-order valence-electron chi connectivity index (χ2n) is 5.54. The molecule has 20 heavy (non-hydrogen) atoms. The van der Waals surface area contributed by atoms with E-state index in [1.54, 1.807) is 16.4 Å². The molecular weight excluding hydrogens is 338 g/mol. The molecule has 2 unspecified atom stereocenters. The van der Waals surface area contributed by atoms with Crippen LogP contribution in [-0.4, -0.2) is 30.6 Å². The predicted molar refractivity (Wildman–Crippen MR) is 85.7 cm³/mol. The highest BCUT2D eigenvalue weighted by molar-refractivity contribution is 9.09. The molecule has 1 aliphatic rings. The third kappa shape index (κ3) is 3.43. The number of sulfonamides is 1. The van der Waals surface area contributed by atoms with E-state index in [4.69, 9.17) is 0 Å². The van der Waals surface area contributed by atoms with Gasteiger partial charge in [0.1, 0.15) is 0 Å². The highest BCUT2D eigenvalue weighted by Gasteiger charge is 2.32. The van der Waals surface area contributed by atoms with Crippen LogP contribution in [0.4, 0.5) is 0 Å². The lowest BCUT2D eigenvalue weighted by atomic mass is 10.0. The Bertz CT molecular complexity index is 541. The summed E-state index contributed by atoms with van der Waals surface area (Å²) in [4.78, 5) is 0.832. The number of hydrogen-bond acceptors (Lipinski definition) is 2. The standard InChI is InChI=1S/C15H22BrNO2S/c1-3-4-13-5-7-14(8-6-13)20(18,19)17-10-9-15(16)12(2)11-17/h5-8,12,15H,3-4,9-11H2,1-2H3. The van der Waals surface area contributed by atoms with Crippen LogP contribution in [0.2, 0.25) is 0 Å². The van der Waals surface area contributed by atoms with Crippen LogP contribution in [0.1, 0.15) is 32.3 Å². The van der Waals surface area contributed by atoms with Crippen molar-refractivity contribution in [1.82, 2.24) is 4.31 Å². The Labute approximate surface area is 130 Å². The van der Waals surface area contributed by atoms with E-state index in [0.29, 0.717) is 28.7 Å². The van der Waals surface area contributed by atoms with Crippen molar-refractivity contribution in [2.45, 2.75) is 42.8 Å². The van der Waals surface area contributed by atoms with Gasteiger partial charge in [-0.05, 0) is 36.5 Å². The fourth-order valence-electron chi connectivity index (χ4n) is 2.56. The van der Waals surface area contributed by atoms with E-state index in [2.05, 4.69) is 29.8 Å². The van der Waals surface area contributed by atoms with Crippen LogP contribution in [-0.2, 0) is 16.4 Å². The zero-order valence-electron chi connectivity index (χ0n) is 12.0. The maximum absolute atomic E-state index is 12.6. The molecule has 0 spiro atoms. The number of benzene rings is 1. The number of nitrogens with zero attached hydrogens (tertiary/aromatic N) is 1. The van der Waals surface area contributed by atoms with E-state index in [9.17, 15) is 8.42 Å². The number of aryl methyl sites for hydroxylation is 1. The van der Waals surface area contributed by atoms with Gasteiger partial charge in [-0.25, -0.2) is 8.42 Å². The summed E-state index contributed by atoms with van der Waals surface area (Å²) >= 11 is 3.61. The summed E-state index contributed by atoms with van der Waals surface area (Å²) in [6.45, 7) is 5.40. The first-order valence-corrected chi connectivity index (χ1v) is 9.54. The molecule has 5 heteroatoms. The summed E-state index contributed by atoms with van der Waals surface area (Å²) in [7, 11) is -3.34. The Morgan fingerprint density at radius 2 is 1.95 bits per heavy atom. The summed E-state index contributed by atoms with van der Waals surface area (Å²) in [6.07, 6.45) is 2.93. The molecule has 0 saturated carbocycles. The minimum absolute atomic E-state index is 0.345. The molecule has 2 atom stereocenters. The van der Waals surface area contributed by atoms with Crippen molar-refractivity contribution in [3.63, 3.8) is 0 Å². The molecule has 3 nitrogen and oxygen atoms in total. The van der Waals surface area contributed by atoms with Crippen molar-refractivity contribution >= 4 is 26.0 Å². The van der Waals surface area contributed by atoms with Gasteiger partial charge in [0.2, 0.25) is 10.0 Å². The fourth-order valence-corrected chi connectivity index (χ4v) is 4.49. The topological polar surface area (TPSA) is 37.4 Å². The lowest BCUT2D eigenvalue weighted by Crippen LogP contribution is -2.43. The number of halogens is 1. The van der Waals surface area contributed by atoms with Gasteiger partial charge >= 0.3 is 0 Å². The second kappa shape index (κ2) is 6.58. The highest BCUT2D eigenvalue weighted by Crippen LogP contribution is 2.27. The normalized spacial score (nSPS) is 24.8. The van der Waals surface area contributed by atoms with Gasteiger partial charge in [0.15, 0.2) is 0 Å². The van der Waals surface area contributed by atoms with E-state index in [-0.39, 0.29) is 0 Å². The second-order valence-corrected chi connectivity index (χ2v) is 8.65. The highest BCUT2D eigenvalue weighted by atomic mass is 79.9. The molecule has 112 valence electrons. The van der Waals surface area contributed by atoms with Gasteiger partial charge in [-0.15, -0.1) is 0 Å². The number of piperidine rings is 1. The first-order chi connectivity index (χ1) is 9.45. The smallest absolute Gasteiger partial charge is 0.207 e. The van der Waals surface area contributed by atoms with Crippen LogP contribution in [0.5, 0.6) is 0 Å². The average molecular weight is 360 g/mol. The molecule has 1 aromatic rings. The Morgan fingerprint density at radius 3 is 2.50 bits per heavy atom. The maximum Gasteiger partial charge on any atom is 0.243 e. The molecule has 1 aliphatic heterocycles. The van der Waals surface area contributed by atoms with Gasteiger partial charge in [-0.3, -0.25) is 0 Å². The van der Waals surface area contributed by atoms with Crippen LogP contribution in [0.15, 0.2) is 29.2 Å². The molecule has 0 amide bonds. The molecule has 1 fully saturated rings. The van der Waals surface area contributed by atoms with Crippen molar-refractivity contribution in [2.24, 2.45) is 5.92 Å². The van der Waals surface area contributed by atoms with Crippen LogP contribution < -0.4 is 0 Å². The molecule has 0 aromatic heterocycles. The Balaban J connectivity index is 2.17. The Hall–Kier alpha value is -0.390. The zero-order valence-corrected chi connectivity index (χ0v) is 14.5. The minimum atomic E-state index is -3.34. The molecule has 1 heterocycles. The van der Waals surface area contributed by atoms with E-state index in [0.717, 1.165) is 19.3 Å². The number of hydrogen-bond donors (Lipinski definition) is 0. The van der Waals surface area contributed by atoms with Crippen molar-refractivity contribution in [1.29, 1.82) is 0 Å². The lowest BCUT2D eigenvalue weighted by molar-refractivity contribution is 0.292. The van der Waals surface area contributed by atoms with E-state index < -0.39 is 10.0 Å². The summed E-state index contributed by atoms with van der Waals surface area (Å²) in [5, 5.41) is 0. The summed E-state index contributed by atoms with van der Waals surface area (Å²) in [5.41, 5.74) is 1.19. The third-order valence-electron chi connectivity index (χ3n) is 3.86. The van der Waals surface area contributed by atoms with Crippen molar-refractivity contribution < 1.29 is 8.42 Å². The molecule has 2 rings (SSSR count). The molecule has 0 aliphatic carbocycles. The monoisotopic (exact) mass is 359 g/mol. The van der Waals surface area contributed by atoms with Crippen molar-refractivity contribution in [2.75, 3.05) is 13.1 Å². The van der Waals surface area contributed by atoms with Crippen LogP contribution in [0.25, 0.3) is 0 Å². The van der Waals surface area contributed by atoms with Crippen LogP contribution in [0, 0.1) is 5.92 Å². The lowest BCUT2D eigenvalue weighted by Gasteiger charge is -2.33. The number of rotatable bonds is 4. The minimum Gasteiger partial charge on any atom is -0.207 e.